The molecule has 5 nitrogen and oxygen atoms in total. The number of benzene rings is 1. The maximum atomic E-state index is 13.0. The van der Waals surface area contributed by atoms with Gasteiger partial charge in [-0.1, -0.05) is 26.0 Å². The second-order valence-electron chi connectivity index (χ2n) is 6.81. The molecule has 0 atom stereocenters. The summed E-state index contributed by atoms with van der Waals surface area (Å²) in [6.07, 6.45) is 3.09. The molecule has 3 rings (SSSR count). The monoisotopic (exact) mass is 341 g/mol. The molecule has 0 radical (unpaired) electrons. The molecule has 0 aliphatic carbocycles. The topological polar surface area (TPSA) is 47.4 Å². The standard InChI is InChI=1S/C20H27N3O2/c1-4-11-23-18(20(24)22-12-9-15(2)10-13-22)14-17(21-23)16-7-5-6-8-19(16)25-3/h5-8,14-15H,4,9-13H2,1-3H3. The number of likely N-dealkylation sites (tertiary alicyclic amines) is 1. The molecule has 0 saturated carbocycles. The lowest BCUT2D eigenvalue weighted by atomic mass is 9.99. The number of rotatable bonds is 5. The number of carbonyl (C=O) groups is 1. The van der Waals surface area contributed by atoms with Crippen LogP contribution in [0.4, 0.5) is 0 Å². The van der Waals surface area contributed by atoms with Gasteiger partial charge in [-0.2, -0.15) is 5.10 Å². The average Bonchev–Trinajstić information content (AvgIpc) is 3.06. The van der Waals surface area contributed by atoms with Crippen molar-refractivity contribution in [2.45, 2.75) is 39.7 Å². The fourth-order valence-corrected chi connectivity index (χ4v) is 3.33. The van der Waals surface area contributed by atoms with Crippen molar-refractivity contribution in [3.05, 3.63) is 36.0 Å². The molecule has 134 valence electrons. The number of hydrogen-bond donors (Lipinski definition) is 0. The maximum absolute atomic E-state index is 13.0. The molecule has 1 fully saturated rings. The smallest absolute Gasteiger partial charge is 0.272 e. The number of aryl methyl sites for hydroxylation is 1. The van der Waals surface area contributed by atoms with Crippen molar-refractivity contribution in [3.63, 3.8) is 0 Å². The summed E-state index contributed by atoms with van der Waals surface area (Å²) in [5, 5.41) is 4.70. The molecule has 1 saturated heterocycles. The summed E-state index contributed by atoms with van der Waals surface area (Å²) in [5.74, 6) is 1.57. The molecule has 2 aromatic rings. The average molecular weight is 341 g/mol. The number of amides is 1. The van der Waals surface area contributed by atoms with Crippen LogP contribution in [0.3, 0.4) is 0 Å². The van der Waals surface area contributed by atoms with Crippen LogP contribution in [-0.2, 0) is 6.54 Å². The predicted octanol–water partition coefficient (Wildman–Crippen LogP) is 3.84. The Labute approximate surface area is 149 Å². The van der Waals surface area contributed by atoms with E-state index in [2.05, 4.69) is 13.8 Å². The minimum Gasteiger partial charge on any atom is -0.496 e. The summed E-state index contributed by atoms with van der Waals surface area (Å²) in [7, 11) is 1.66. The van der Waals surface area contributed by atoms with Crippen LogP contribution < -0.4 is 4.74 Å². The van der Waals surface area contributed by atoms with Gasteiger partial charge < -0.3 is 9.64 Å². The number of aromatic nitrogens is 2. The molecule has 1 aromatic carbocycles. The number of para-hydroxylation sites is 1. The molecule has 1 aromatic heterocycles. The van der Waals surface area contributed by atoms with Gasteiger partial charge in [0, 0.05) is 25.2 Å². The highest BCUT2D eigenvalue weighted by atomic mass is 16.5. The van der Waals surface area contributed by atoms with Gasteiger partial charge in [0.2, 0.25) is 0 Å². The number of piperidine rings is 1. The van der Waals surface area contributed by atoms with E-state index in [-0.39, 0.29) is 5.91 Å². The normalized spacial score (nSPS) is 15.4. The number of hydrogen-bond acceptors (Lipinski definition) is 3. The molecule has 0 N–H and O–H groups in total. The van der Waals surface area contributed by atoms with Crippen molar-refractivity contribution in [2.75, 3.05) is 20.2 Å². The van der Waals surface area contributed by atoms with Gasteiger partial charge in [-0.05, 0) is 43.4 Å². The summed E-state index contributed by atoms with van der Waals surface area (Å²) in [6, 6.07) is 9.71. The van der Waals surface area contributed by atoms with Crippen LogP contribution >= 0.6 is 0 Å². The van der Waals surface area contributed by atoms with E-state index in [1.807, 2.05) is 39.9 Å². The summed E-state index contributed by atoms with van der Waals surface area (Å²) in [4.78, 5) is 15.0. The van der Waals surface area contributed by atoms with Crippen LogP contribution in [0.25, 0.3) is 11.3 Å². The zero-order chi connectivity index (χ0) is 17.8. The Morgan fingerprint density at radius 1 is 1.28 bits per heavy atom. The predicted molar refractivity (Wildman–Crippen MR) is 98.8 cm³/mol. The van der Waals surface area contributed by atoms with E-state index in [9.17, 15) is 4.79 Å². The fraction of sp³-hybridized carbons (Fsp3) is 0.500. The first kappa shape index (κ1) is 17.5. The molecular formula is C20H27N3O2. The highest BCUT2D eigenvalue weighted by Crippen LogP contribution is 2.30. The van der Waals surface area contributed by atoms with Gasteiger partial charge in [-0.3, -0.25) is 9.48 Å². The van der Waals surface area contributed by atoms with E-state index >= 15 is 0 Å². The maximum Gasteiger partial charge on any atom is 0.272 e. The highest BCUT2D eigenvalue weighted by molar-refractivity contribution is 5.94. The van der Waals surface area contributed by atoms with Crippen molar-refractivity contribution in [2.24, 2.45) is 5.92 Å². The third-order valence-electron chi connectivity index (χ3n) is 4.89. The lowest BCUT2D eigenvalue weighted by Gasteiger charge is -2.30. The lowest BCUT2D eigenvalue weighted by molar-refractivity contribution is 0.0684. The van der Waals surface area contributed by atoms with E-state index in [4.69, 9.17) is 9.84 Å². The second kappa shape index (κ2) is 7.72. The minimum atomic E-state index is 0.0917. The van der Waals surface area contributed by atoms with E-state index < -0.39 is 0 Å². The SMILES string of the molecule is CCCn1nc(-c2ccccc2OC)cc1C(=O)N1CCC(C)CC1. The highest BCUT2D eigenvalue weighted by Gasteiger charge is 2.25. The number of ether oxygens (including phenoxy) is 1. The quantitative estimate of drug-likeness (QED) is 0.830. The molecule has 2 heterocycles. The Bertz CT molecular complexity index is 730. The molecule has 0 spiro atoms. The van der Waals surface area contributed by atoms with Crippen LogP contribution in [0.15, 0.2) is 30.3 Å². The Hall–Kier alpha value is -2.30. The Balaban J connectivity index is 1.93. The first-order chi connectivity index (χ1) is 12.1. The molecule has 0 bridgehead atoms. The van der Waals surface area contributed by atoms with Crippen molar-refractivity contribution in [1.29, 1.82) is 0 Å². The van der Waals surface area contributed by atoms with Gasteiger partial charge in [0.15, 0.2) is 0 Å². The Morgan fingerprint density at radius 2 is 2.00 bits per heavy atom. The Kier molecular flexibility index (Phi) is 5.41. The van der Waals surface area contributed by atoms with Crippen LogP contribution in [-0.4, -0.2) is 40.8 Å². The Morgan fingerprint density at radius 3 is 2.68 bits per heavy atom. The lowest BCUT2D eigenvalue weighted by Crippen LogP contribution is -2.38. The first-order valence-corrected chi connectivity index (χ1v) is 9.14. The van der Waals surface area contributed by atoms with Gasteiger partial charge in [-0.15, -0.1) is 0 Å². The zero-order valence-electron chi connectivity index (χ0n) is 15.4. The van der Waals surface area contributed by atoms with Crippen molar-refractivity contribution in [1.82, 2.24) is 14.7 Å². The molecule has 25 heavy (non-hydrogen) atoms. The number of methoxy groups -OCH3 is 1. The molecular weight excluding hydrogens is 314 g/mol. The molecule has 0 unspecified atom stereocenters. The third kappa shape index (κ3) is 3.70. The number of carbonyl (C=O) groups excluding carboxylic acids is 1. The molecule has 1 aliphatic heterocycles. The van der Waals surface area contributed by atoms with Crippen molar-refractivity contribution in [3.8, 4) is 17.0 Å². The van der Waals surface area contributed by atoms with Gasteiger partial charge in [-0.25, -0.2) is 0 Å². The number of nitrogens with zero attached hydrogens (tertiary/aromatic N) is 3. The third-order valence-corrected chi connectivity index (χ3v) is 4.89. The molecule has 1 aliphatic rings. The van der Waals surface area contributed by atoms with Crippen LogP contribution in [0, 0.1) is 5.92 Å². The van der Waals surface area contributed by atoms with Crippen molar-refractivity contribution >= 4 is 5.91 Å². The minimum absolute atomic E-state index is 0.0917. The summed E-state index contributed by atoms with van der Waals surface area (Å²) in [5.41, 5.74) is 2.39. The van der Waals surface area contributed by atoms with Crippen LogP contribution in [0.5, 0.6) is 5.75 Å². The zero-order valence-corrected chi connectivity index (χ0v) is 15.4. The fourth-order valence-electron chi connectivity index (χ4n) is 3.33. The summed E-state index contributed by atoms with van der Waals surface area (Å²) >= 11 is 0. The molecule has 1 amide bonds. The van der Waals surface area contributed by atoms with Gasteiger partial charge in [0.25, 0.3) is 5.91 Å². The largest absolute Gasteiger partial charge is 0.496 e. The van der Waals surface area contributed by atoms with Gasteiger partial charge in [0.05, 0.1) is 12.8 Å². The van der Waals surface area contributed by atoms with Crippen molar-refractivity contribution < 1.29 is 9.53 Å². The first-order valence-electron chi connectivity index (χ1n) is 9.14. The van der Waals surface area contributed by atoms with E-state index in [1.165, 1.54) is 0 Å². The van der Waals surface area contributed by atoms with E-state index in [0.29, 0.717) is 11.6 Å². The van der Waals surface area contributed by atoms with E-state index in [1.54, 1.807) is 7.11 Å². The van der Waals surface area contributed by atoms with Crippen LogP contribution in [0.2, 0.25) is 0 Å². The van der Waals surface area contributed by atoms with E-state index in [0.717, 1.165) is 55.9 Å². The van der Waals surface area contributed by atoms with Crippen LogP contribution in [0.1, 0.15) is 43.6 Å². The van der Waals surface area contributed by atoms with Gasteiger partial charge >= 0.3 is 0 Å². The summed E-state index contributed by atoms with van der Waals surface area (Å²) in [6.45, 7) is 6.76. The second-order valence-corrected chi connectivity index (χ2v) is 6.81. The summed E-state index contributed by atoms with van der Waals surface area (Å²) < 4.78 is 7.30. The molecule has 5 heteroatoms. The van der Waals surface area contributed by atoms with Gasteiger partial charge in [0.1, 0.15) is 11.4 Å².